The van der Waals surface area contributed by atoms with Crippen LogP contribution in [0.4, 0.5) is 10.1 Å². The van der Waals surface area contributed by atoms with Gasteiger partial charge in [-0.3, -0.25) is 9.59 Å². The van der Waals surface area contributed by atoms with Crippen molar-refractivity contribution in [2.24, 2.45) is 5.92 Å². The van der Waals surface area contributed by atoms with Crippen molar-refractivity contribution in [3.05, 3.63) is 71.3 Å². The van der Waals surface area contributed by atoms with Crippen molar-refractivity contribution in [1.29, 1.82) is 0 Å². The average molecular weight is 470 g/mol. The molecule has 3 rings (SSSR count). The Balaban J connectivity index is 1.71. The number of rotatable bonds is 9. The second-order valence-corrected chi connectivity index (χ2v) is 8.91. The number of hydrogen-bond acceptors (Lipinski definition) is 5. The van der Waals surface area contributed by atoms with Gasteiger partial charge in [-0.1, -0.05) is 55.4 Å². The number of amides is 2. The van der Waals surface area contributed by atoms with Crippen LogP contribution in [0, 0.1) is 18.7 Å². The first-order chi connectivity index (χ1) is 15.8. The average Bonchev–Trinajstić information content (AvgIpc) is 3.20. The van der Waals surface area contributed by atoms with E-state index in [-0.39, 0.29) is 35.2 Å². The largest absolute Gasteiger partial charge is 0.342 e. The third-order valence-corrected chi connectivity index (χ3v) is 6.05. The minimum atomic E-state index is -0.487. The third kappa shape index (κ3) is 6.19. The number of para-hydroxylation sites is 1. The van der Waals surface area contributed by atoms with E-state index in [2.05, 4.69) is 20.8 Å². The summed E-state index contributed by atoms with van der Waals surface area (Å²) in [5, 5.41) is 14.8. The molecule has 1 aromatic heterocycles. The monoisotopic (exact) mass is 469 g/mol. The highest BCUT2D eigenvalue weighted by Gasteiger charge is 2.26. The maximum Gasteiger partial charge on any atom is 0.251 e. The van der Waals surface area contributed by atoms with Gasteiger partial charge >= 0.3 is 0 Å². The molecule has 0 aliphatic heterocycles. The highest BCUT2D eigenvalue weighted by molar-refractivity contribution is 7.99. The van der Waals surface area contributed by atoms with Gasteiger partial charge in [-0.2, -0.15) is 0 Å². The first-order valence-electron chi connectivity index (χ1n) is 10.8. The van der Waals surface area contributed by atoms with Gasteiger partial charge in [-0.15, -0.1) is 10.2 Å². The number of carbonyl (C=O) groups excluding carboxylic acids is 2. The van der Waals surface area contributed by atoms with Gasteiger partial charge in [0.2, 0.25) is 5.91 Å². The molecule has 7 nitrogen and oxygen atoms in total. The fraction of sp³-hybridized carbons (Fsp3) is 0.333. The first-order valence-corrected chi connectivity index (χ1v) is 11.8. The lowest BCUT2D eigenvalue weighted by atomic mass is 10.0. The van der Waals surface area contributed by atoms with Gasteiger partial charge in [0.25, 0.3) is 5.91 Å². The quantitative estimate of drug-likeness (QED) is 0.447. The van der Waals surface area contributed by atoms with Crippen LogP contribution in [-0.2, 0) is 11.3 Å². The lowest BCUT2D eigenvalue weighted by Gasteiger charge is -2.22. The maximum absolute atomic E-state index is 13.8. The third-order valence-electron chi connectivity index (χ3n) is 5.09. The van der Waals surface area contributed by atoms with E-state index in [1.807, 2.05) is 44.4 Å². The van der Waals surface area contributed by atoms with Crippen molar-refractivity contribution >= 4 is 29.3 Å². The Morgan fingerprint density at radius 1 is 1.09 bits per heavy atom. The van der Waals surface area contributed by atoms with Crippen LogP contribution in [-0.4, -0.2) is 32.3 Å². The molecular formula is C24H28FN5O2S. The Bertz CT molecular complexity index is 1110. The van der Waals surface area contributed by atoms with E-state index < -0.39 is 5.82 Å². The summed E-state index contributed by atoms with van der Waals surface area (Å²) in [5.74, 6) is -0.266. The van der Waals surface area contributed by atoms with E-state index in [1.165, 1.54) is 23.9 Å². The summed E-state index contributed by atoms with van der Waals surface area (Å²) < 4.78 is 15.7. The molecule has 33 heavy (non-hydrogen) atoms. The standard InChI is InChI=1S/C24H28FN5O2S/c1-5-30-22(21(15(2)3)27-23(32)17-12-10-16(4)11-13-17)28-29-24(30)33-14-20(31)26-19-9-7-6-8-18(19)25/h6-13,15,21H,5,14H2,1-4H3,(H,26,31)(H,27,32)/t21-/m0/s1. The predicted octanol–water partition coefficient (Wildman–Crippen LogP) is 4.60. The Labute approximate surface area is 197 Å². The molecule has 0 aliphatic carbocycles. The van der Waals surface area contributed by atoms with Gasteiger partial charge < -0.3 is 15.2 Å². The highest BCUT2D eigenvalue weighted by atomic mass is 32.2. The van der Waals surface area contributed by atoms with Crippen LogP contribution in [0.3, 0.4) is 0 Å². The number of thioether (sulfide) groups is 1. The molecule has 0 saturated carbocycles. The Kier molecular flexibility index (Phi) is 8.21. The zero-order valence-corrected chi connectivity index (χ0v) is 19.9. The SMILES string of the molecule is CCn1c(SCC(=O)Nc2ccccc2F)nnc1[C@@H](NC(=O)c1ccc(C)cc1)C(C)C. The summed E-state index contributed by atoms with van der Waals surface area (Å²) in [6.07, 6.45) is 0. The molecule has 0 unspecified atom stereocenters. The number of aromatic nitrogens is 3. The number of anilines is 1. The highest BCUT2D eigenvalue weighted by Crippen LogP contribution is 2.26. The molecule has 0 fully saturated rings. The molecule has 0 spiro atoms. The minimum absolute atomic E-state index is 0.0501. The van der Waals surface area contributed by atoms with Gasteiger partial charge in [-0.25, -0.2) is 4.39 Å². The van der Waals surface area contributed by atoms with Gasteiger partial charge in [0.1, 0.15) is 5.82 Å². The van der Waals surface area contributed by atoms with Crippen molar-refractivity contribution in [1.82, 2.24) is 20.1 Å². The minimum Gasteiger partial charge on any atom is -0.342 e. The number of carbonyl (C=O) groups is 2. The van der Waals surface area contributed by atoms with Crippen LogP contribution in [0.5, 0.6) is 0 Å². The topological polar surface area (TPSA) is 88.9 Å². The molecule has 0 radical (unpaired) electrons. The van der Waals surface area contributed by atoms with E-state index in [0.29, 0.717) is 23.1 Å². The van der Waals surface area contributed by atoms with Gasteiger partial charge in [-0.05, 0) is 44.0 Å². The number of benzene rings is 2. The van der Waals surface area contributed by atoms with E-state index in [9.17, 15) is 14.0 Å². The smallest absolute Gasteiger partial charge is 0.251 e. The van der Waals surface area contributed by atoms with Crippen LogP contribution < -0.4 is 10.6 Å². The molecule has 2 amide bonds. The number of halogens is 1. The van der Waals surface area contributed by atoms with E-state index >= 15 is 0 Å². The maximum atomic E-state index is 13.8. The summed E-state index contributed by atoms with van der Waals surface area (Å²) in [4.78, 5) is 25.1. The fourth-order valence-electron chi connectivity index (χ4n) is 3.27. The summed E-state index contributed by atoms with van der Waals surface area (Å²) in [5.41, 5.74) is 1.80. The van der Waals surface area contributed by atoms with E-state index in [1.54, 1.807) is 24.3 Å². The molecule has 2 N–H and O–H groups in total. The van der Waals surface area contributed by atoms with Crippen LogP contribution in [0.25, 0.3) is 0 Å². The Morgan fingerprint density at radius 3 is 2.42 bits per heavy atom. The number of hydrogen-bond donors (Lipinski definition) is 2. The van der Waals surface area contributed by atoms with E-state index in [4.69, 9.17) is 0 Å². The van der Waals surface area contributed by atoms with Crippen LogP contribution >= 0.6 is 11.8 Å². The van der Waals surface area contributed by atoms with Crippen LogP contribution in [0.1, 0.15) is 48.6 Å². The van der Waals surface area contributed by atoms with Crippen LogP contribution in [0.15, 0.2) is 53.7 Å². The molecule has 1 atom stereocenters. The van der Waals surface area contributed by atoms with E-state index in [0.717, 1.165) is 5.56 Å². The molecule has 3 aromatic rings. The molecule has 0 saturated heterocycles. The number of aryl methyl sites for hydroxylation is 1. The van der Waals surface area contributed by atoms with Crippen molar-refractivity contribution < 1.29 is 14.0 Å². The summed E-state index contributed by atoms with van der Waals surface area (Å²) >= 11 is 1.21. The summed E-state index contributed by atoms with van der Waals surface area (Å²) in [6.45, 7) is 8.50. The van der Waals surface area contributed by atoms with Gasteiger partial charge in [0.15, 0.2) is 11.0 Å². The van der Waals surface area contributed by atoms with Crippen molar-refractivity contribution in [2.45, 2.75) is 45.4 Å². The molecule has 1 heterocycles. The molecule has 9 heteroatoms. The fourth-order valence-corrected chi connectivity index (χ4v) is 4.08. The molecule has 0 bridgehead atoms. The summed E-state index contributed by atoms with van der Waals surface area (Å²) in [6, 6.07) is 13.0. The predicted molar refractivity (Wildman–Crippen MR) is 128 cm³/mol. The molecule has 0 aliphatic rings. The van der Waals surface area contributed by atoms with Crippen molar-refractivity contribution in [3.63, 3.8) is 0 Å². The van der Waals surface area contributed by atoms with Gasteiger partial charge in [0.05, 0.1) is 17.5 Å². The zero-order chi connectivity index (χ0) is 24.0. The normalized spacial score (nSPS) is 11.9. The second-order valence-electron chi connectivity index (χ2n) is 7.96. The number of nitrogens with zero attached hydrogens (tertiary/aromatic N) is 3. The van der Waals surface area contributed by atoms with Crippen molar-refractivity contribution in [3.8, 4) is 0 Å². The summed E-state index contributed by atoms with van der Waals surface area (Å²) in [7, 11) is 0. The van der Waals surface area contributed by atoms with Crippen LogP contribution in [0.2, 0.25) is 0 Å². The molecule has 2 aromatic carbocycles. The lowest BCUT2D eigenvalue weighted by Crippen LogP contribution is -2.33. The van der Waals surface area contributed by atoms with Crippen molar-refractivity contribution in [2.75, 3.05) is 11.1 Å². The number of nitrogens with one attached hydrogen (secondary N) is 2. The second kappa shape index (κ2) is 11.1. The molecule has 174 valence electrons. The Morgan fingerprint density at radius 2 is 1.79 bits per heavy atom. The zero-order valence-electron chi connectivity index (χ0n) is 19.1. The lowest BCUT2D eigenvalue weighted by molar-refractivity contribution is -0.113. The first kappa shape index (κ1) is 24.4. The molecular weight excluding hydrogens is 441 g/mol. The van der Waals surface area contributed by atoms with Gasteiger partial charge in [0, 0.05) is 12.1 Å². The Hall–Kier alpha value is -3.20.